The van der Waals surface area contributed by atoms with Crippen LogP contribution in [-0.2, 0) is 0 Å². The molecular weight excluding hydrogens is 278 g/mol. The fourth-order valence-corrected chi connectivity index (χ4v) is 1.89. The third-order valence-corrected chi connectivity index (χ3v) is 2.92. The first kappa shape index (κ1) is 14.1. The Hall–Kier alpha value is -2.33. The lowest BCUT2D eigenvalue weighted by molar-refractivity contribution is 0.0696. The number of nitrogens with zero attached hydrogens (tertiary/aromatic N) is 1. The van der Waals surface area contributed by atoms with Crippen LogP contribution < -0.4 is 4.74 Å². The lowest BCUT2D eigenvalue weighted by Crippen LogP contribution is -2.00. The van der Waals surface area contributed by atoms with Crippen molar-refractivity contribution in [3.63, 3.8) is 0 Å². The van der Waals surface area contributed by atoms with Crippen LogP contribution in [0.2, 0.25) is 5.02 Å². The summed E-state index contributed by atoms with van der Waals surface area (Å²) in [7, 11) is 0. The molecule has 5 heteroatoms. The monoisotopic (exact) mass is 289 g/mol. The molecule has 0 aliphatic heterocycles. The Kier molecular flexibility index (Phi) is 4.38. The summed E-state index contributed by atoms with van der Waals surface area (Å²) in [6.45, 7) is 1.90. The summed E-state index contributed by atoms with van der Waals surface area (Å²) >= 11 is 6.00. The van der Waals surface area contributed by atoms with E-state index in [1.54, 1.807) is 6.07 Å². The van der Waals surface area contributed by atoms with Gasteiger partial charge in [0, 0.05) is 11.8 Å². The number of aromatic nitrogens is 1. The number of aromatic carboxylic acids is 1. The van der Waals surface area contributed by atoms with Crippen LogP contribution in [0.3, 0.4) is 0 Å². The highest BCUT2D eigenvalue weighted by molar-refractivity contribution is 6.34. The van der Waals surface area contributed by atoms with E-state index in [1.165, 1.54) is 12.3 Å². The summed E-state index contributed by atoms with van der Waals surface area (Å²) in [5, 5.41) is 9.00. The second-order valence-corrected chi connectivity index (χ2v) is 4.30. The van der Waals surface area contributed by atoms with E-state index in [0.717, 1.165) is 5.56 Å². The second kappa shape index (κ2) is 6.21. The zero-order valence-corrected chi connectivity index (χ0v) is 11.5. The highest BCUT2D eigenvalue weighted by Crippen LogP contribution is 2.31. The molecule has 1 aromatic heterocycles. The normalized spacial score (nSPS) is 10.7. The second-order valence-electron chi connectivity index (χ2n) is 3.92. The minimum Gasteiger partial charge on any atom is -0.478 e. The Labute approximate surface area is 121 Å². The largest absolute Gasteiger partial charge is 0.478 e. The molecule has 2 rings (SSSR count). The smallest absolute Gasteiger partial charge is 0.337 e. The number of hydrogen-bond donors (Lipinski definition) is 1. The summed E-state index contributed by atoms with van der Waals surface area (Å²) in [6, 6.07) is 8.67. The maximum atomic E-state index is 11.0. The fourth-order valence-electron chi connectivity index (χ4n) is 1.66. The van der Waals surface area contributed by atoms with Gasteiger partial charge in [-0.15, -0.1) is 0 Å². The van der Waals surface area contributed by atoms with Crippen LogP contribution in [0.4, 0.5) is 0 Å². The predicted octanol–water partition coefficient (Wildman–Crippen LogP) is 4.26. The van der Waals surface area contributed by atoms with Crippen molar-refractivity contribution in [2.45, 2.75) is 6.92 Å². The number of benzene rings is 1. The molecule has 0 aliphatic carbocycles. The molecule has 20 heavy (non-hydrogen) atoms. The number of ether oxygens (including phenoxy) is 1. The first-order chi connectivity index (χ1) is 9.63. The topological polar surface area (TPSA) is 59.4 Å². The molecule has 1 aromatic carbocycles. The van der Waals surface area contributed by atoms with Crippen molar-refractivity contribution < 1.29 is 14.6 Å². The van der Waals surface area contributed by atoms with Crippen LogP contribution in [-0.4, -0.2) is 16.1 Å². The predicted molar refractivity (Wildman–Crippen MR) is 77.4 cm³/mol. The van der Waals surface area contributed by atoms with Crippen molar-refractivity contribution in [3.05, 3.63) is 58.8 Å². The molecule has 0 amide bonds. The van der Waals surface area contributed by atoms with Gasteiger partial charge in [-0.1, -0.05) is 42.0 Å². The van der Waals surface area contributed by atoms with Gasteiger partial charge in [0.1, 0.15) is 10.8 Å². The summed E-state index contributed by atoms with van der Waals surface area (Å²) in [4.78, 5) is 15.0. The van der Waals surface area contributed by atoms with Gasteiger partial charge in [0.25, 0.3) is 0 Å². The van der Waals surface area contributed by atoms with Crippen molar-refractivity contribution in [1.29, 1.82) is 0 Å². The van der Waals surface area contributed by atoms with E-state index in [9.17, 15) is 4.79 Å². The summed E-state index contributed by atoms with van der Waals surface area (Å²) in [5.41, 5.74) is 0.814. The number of carboxylic acids is 1. The molecule has 0 spiro atoms. The molecular formula is C15H12ClNO3. The van der Waals surface area contributed by atoms with Gasteiger partial charge in [0.2, 0.25) is 5.88 Å². The van der Waals surface area contributed by atoms with Crippen molar-refractivity contribution in [2.75, 3.05) is 0 Å². The summed E-state index contributed by atoms with van der Waals surface area (Å²) in [6.07, 6.45) is 5.11. The Morgan fingerprint density at radius 1 is 1.35 bits per heavy atom. The highest BCUT2D eigenvalue weighted by Gasteiger charge is 2.15. The lowest BCUT2D eigenvalue weighted by atomic mass is 10.2. The van der Waals surface area contributed by atoms with E-state index in [2.05, 4.69) is 4.98 Å². The maximum absolute atomic E-state index is 11.0. The van der Waals surface area contributed by atoms with Crippen LogP contribution in [0, 0.1) is 0 Å². The van der Waals surface area contributed by atoms with Crippen LogP contribution in [0.25, 0.3) is 6.08 Å². The van der Waals surface area contributed by atoms with Gasteiger partial charge in [-0.25, -0.2) is 9.78 Å². The van der Waals surface area contributed by atoms with Gasteiger partial charge < -0.3 is 9.84 Å². The number of hydrogen-bond acceptors (Lipinski definition) is 3. The number of pyridine rings is 1. The van der Waals surface area contributed by atoms with E-state index in [-0.39, 0.29) is 16.5 Å². The third-order valence-electron chi connectivity index (χ3n) is 2.56. The quantitative estimate of drug-likeness (QED) is 0.913. The first-order valence-electron chi connectivity index (χ1n) is 5.91. The minimum atomic E-state index is -1.12. The standard InChI is InChI=1S/C15H12ClNO3/c1-2-5-10-6-3-4-7-12(10)20-14-13(16)11(15(18)19)8-9-17-14/h2-9H,1H3,(H,18,19)/b5-2+. The Balaban J connectivity index is 2.41. The molecule has 0 unspecified atom stereocenters. The Bertz CT molecular complexity index is 668. The summed E-state index contributed by atoms with van der Waals surface area (Å²) in [5.74, 6) is -0.491. The minimum absolute atomic E-state index is 0.0183. The molecule has 0 atom stereocenters. The van der Waals surface area contributed by atoms with Gasteiger partial charge in [-0.2, -0.15) is 0 Å². The number of carboxylic acid groups (broad SMARTS) is 1. The molecule has 0 aliphatic rings. The van der Waals surface area contributed by atoms with Crippen molar-refractivity contribution >= 4 is 23.6 Å². The number of para-hydroxylation sites is 1. The van der Waals surface area contributed by atoms with Crippen LogP contribution in [0.5, 0.6) is 11.6 Å². The van der Waals surface area contributed by atoms with E-state index in [0.29, 0.717) is 5.75 Å². The molecule has 0 bridgehead atoms. The molecule has 1 heterocycles. The van der Waals surface area contributed by atoms with Gasteiger partial charge in [-0.05, 0) is 19.1 Å². The van der Waals surface area contributed by atoms with E-state index in [4.69, 9.17) is 21.4 Å². The van der Waals surface area contributed by atoms with Gasteiger partial charge in [-0.3, -0.25) is 0 Å². The van der Waals surface area contributed by atoms with Crippen molar-refractivity contribution in [2.24, 2.45) is 0 Å². The van der Waals surface area contributed by atoms with E-state index >= 15 is 0 Å². The number of rotatable bonds is 4. The number of halogens is 1. The van der Waals surface area contributed by atoms with Gasteiger partial charge in [0.05, 0.1) is 5.56 Å². The summed E-state index contributed by atoms with van der Waals surface area (Å²) < 4.78 is 5.63. The zero-order valence-electron chi connectivity index (χ0n) is 10.7. The van der Waals surface area contributed by atoms with Gasteiger partial charge in [0.15, 0.2) is 0 Å². The fraction of sp³-hybridized carbons (Fsp3) is 0.0667. The SMILES string of the molecule is C/C=C/c1ccccc1Oc1nccc(C(=O)O)c1Cl. The Morgan fingerprint density at radius 2 is 2.10 bits per heavy atom. The average molecular weight is 290 g/mol. The molecule has 0 saturated heterocycles. The highest BCUT2D eigenvalue weighted by atomic mass is 35.5. The molecule has 0 radical (unpaired) electrons. The molecule has 2 aromatic rings. The van der Waals surface area contributed by atoms with Crippen molar-refractivity contribution in [1.82, 2.24) is 4.98 Å². The van der Waals surface area contributed by atoms with Crippen molar-refractivity contribution in [3.8, 4) is 11.6 Å². The number of allylic oxidation sites excluding steroid dienone is 1. The van der Waals surface area contributed by atoms with Crippen LogP contribution in [0.15, 0.2) is 42.6 Å². The molecule has 4 nitrogen and oxygen atoms in total. The number of carbonyl (C=O) groups is 1. The van der Waals surface area contributed by atoms with Crippen LogP contribution in [0.1, 0.15) is 22.8 Å². The third kappa shape index (κ3) is 2.97. The van der Waals surface area contributed by atoms with E-state index in [1.807, 2.05) is 37.3 Å². The van der Waals surface area contributed by atoms with Crippen LogP contribution >= 0.6 is 11.6 Å². The first-order valence-corrected chi connectivity index (χ1v) is 6.28. The zero-order chi connectivity index (χ0) is 14.5. The Morgan fingerprint density at radius 3 is 2.80 bits per heavy atom. The average Bonchev–Trinajstić information content (AvgIpc) is 2.43. The maximum Gasteiger partial charge on any atom is 0.337 e. The molecule has 102 valence electrons. The van der Waals surface area contributed by atoms with E-state index < -0.39 is 5.97 Å². The molecule has 0 fully saturated rings. The molecule has 1 N–H and O–H groups in total. The van der Waals surface area contributed by atoms with Gasteiger partial charge >= 0.3 is 5.97 Å². The lowest BCUT2D eigenvalue weighted by Gasteiger charge is -2.10. The molecule has 0 saturated carbocycles.